The maximum atomic E-state index is 8.12. The van der Waals surface area contributed by atoms with E-state index in [-0.39, 0.29) is 6.15 Å². The first kappa shape index (κ1) is 18.6. The van der Waals surface area contributed by atoms with E-state index in [0.29, 0.717) is 0 Å². The standard InChI is InChI=1S/C17H22N4O.CO2/c1-3-15-12(2)17(21-8-10-22-11-9-21)20-16(19-15)13-4-6-14(18)7-5-13;2-1-3/h4-7H,3,8-11,18H2,1-2H3;. The summed E-state index contributed by atoms with van der Waals surface area (Å²) in [6.45, 7) is 7.50. The number of ether oxygens (including phenoxy) is 1. The predicted octanol–water partition coefficient (Wildman–Crippen LogP) is 1.85. The van der Waals surface area contributed by atoms with Gasteiger partial charge in [-0.15, -0.1) is 0 Å². The Morgan fingerprint density at radius 3 is 2.32 bits per heavy atom. The van der Waals surface area contributed by atoms with Gasteiger partial charge in [0, 0.05) is 35.6 Å². The van der Waals surface area contributed by atoms with Crippen molar-refractivity contribution in [1.82, 2.24) is 9.97 Å². The van der Waals surface area contributed by atoms with Crippen molar-refractivity contribution in [3.8, 4) is 11.4 Å². The Morgan fingerprint density at radius 2 is 1.76 bits per heavy atom. The van der Waals surface area contributed by atoms with Gasteiger partial charge in [-0.1, -0.05) is 6.92 Å². The monoisotopic (exact) mass is 342 g/mol. The lowest BCUT2D eigenvalue weighted by Crippen LogP contribution is -2.37. The molecular weight excluding hydrogens is 320 g/mol. The maximum Gasteiger partial charge on any atom is 0.373 e. The molecule has 132 valence electrons. The summed E-state index contributed by atoms with van der Waals surface area (Å²) in [5.74, 6) is 1.80. The lowest BCUT2D eigenvalue weighted by atomic mass is 10.1. The van der Waals surface area contributed by atoms with Crippen LogP contribution in [0.2, 0.25) is 0 Å². The molecule has 3 rings (SSSR count). The van der Waals surface area contributed by atoms with Crippen LogP contribution in [0.25, 0.3) is 11.4 Å². The molecule has 1 saturated heterocycles. The van der Waals surface area contributed by atoms with Crippen molar-refractivity contribution >= 4 is 17.7 Å². The van der Waals surface area contributed by atoms with Gasteiger partial charge in [-0.05, 0) is 37.6 Å². The van der Waals surface area contributed by atoms with Crippen LogP contribution < -0.4 is 10.6 Å². The molecule has 25 heavy (non-hydrogen) atoms. The number of nitrogens with two attached hydrogens (primary N) is 1. The van der Waals surface area contributed by atoms with Gasteiger partial charge in [-0.3, -0.25) is 0 Å². The second kappa shape index (κ2) is 8.92. The van der Waals surface area contributed by atoms with E-state index in [0.717, 1.165) is 61.3 Å². The summed E-state index contributed by atoms with van der Waals surface area (Å²) in [5.41, 5.74) is 9.79. The number of anilines is 2. The summed E-state index contributed by atoms with van der Waals surface area (Å²) in [5, 5.41) is 0. The van der Waals surface area contributed by atoms with Gasteiger partial charge in [0.2, 0.25) is 0 Å². The number of aryl methyl sites for hydroxylation is 1. The van der Waals surface area contributed by atoms with E-state index >= 15 is 0 Å². The van der Waals surface area contributed by atoms with Gasteiger partial charge in [0.1, 0.15) is 5.82 Å². The average molecular weight is 342 g/mol. The quantitative estimate of drug-likeness (QED) is 0.850. The third kappa shape index (κ3) is 4.62. The molecule has 0 spiro atoms. The van der Waals surface area contributed by atoms with Gasteiger partial charge in [-0.2, -0.15) is 9.59 Å². The highest BCUT2D eigenvalue weighted by Gasteiger charge is 2.18. The largest absolute Gasteiger partial charge is 0.399 e. The first-order valence-electron chi connectivity index (χ1n) is 8.16. The molecule has 0 bridgehead atoms. The first-order valence-corrected chi connectivity index (χ1v) is 8.16. The van der Waals surface area contributed by atoms with Crippen LogP contribution in [-0.4, -0.2) is 42.4 Å². The molecule has 7 heteroatoms. The average Bonchev–Trinajstić information content (AvgIpc) is 2.64. The molecule has 2 aromatic rings. The van der Waals surface area contributed by atoms with Gasteiger partial charge < -0.3 is 15.4 Å². The number of hydrogen-bond donors (Lipinski definition) is 1. The molecule has 0 atom stereocenters. The smallest absolute Gasteiger partial charge is 0.373 e. The molecule has 2 N–H and O–H groups in total. The van der Waals surface area contributed by atoms with Crippen molar-refractivity contribution in [2.45, 2.75) is 20.3 Å². The number of carbonyl (C=O) groups excluding carboxylic acids is 2. The molecule has 1 aliphatic rings. The summed E-state index contributed by atoms with van der Waals surface area (Å²) in [7, 11) is 0. The van der Waals surface area contributed by atoms with E-state index in [2.05, 4.69) is 18.7 Å². The van der Waals surface area contributed by atoms with Crippen molar-refractivity contribution < 1.29 is 14.3 Å². The Labute approximate surface area is 146 Å². The molecule has 1 aliphatic heterocycles. The van der Waals surface area contributed by atoms with Crippen LogP contribution in [0.4, 0.5) is 11.5 Å². The van der Waals surface area contributed by atoms with Crippen molar-refractivity contribution in [2.24, 2.45) is 0 Å². The van der Waals surface area contributed by atoms with Gasteiger partial charge in [-0.25, -0.2) is 9.97 Å². The molecule has 2 heterocycles. The van der Waals surface area contributed by atoms with E-state index in [1.165, 1.54) is 5.56 Å². The summed E-state index contributed by atoms with van der Waals surface area (Å²) >= 11 is 0. The molecule has 7 nitrogen and oxygen atoms in total. The van der Waals surface area contributed by atoms with Crippen molar-refractivity contribution in [2.75, 3.05) is 36.9 Å². The SMILES string of the molecule is CCc1nc(-c2ccc(N)cc2)nc(N2CCOCC2)c1C.O=C=O. The molecule has 1 aromatic carbocycles. The first-order chi connectivity index (χ1) is 12.1. The summed E-state index contributed by atoms with van der Waals surface area (Å²) in [4.78, 5) is 28.1. The molecule has 0 aliphatic carbocycles. The van der Waals surface area contributed by atoms with Crippen LogP contribution in [0, 0.1) is 6.92 Å². The molecule has 0 radical (unpaired) electrons. The van der Waals surface area contributed by atoms with Gasteiger partial charge in [0.05, 0.1) is 13.2 Å². The maximum absolute atomic E-state index is 8.12. The van der Waals surface area contributed by atoms with Crippen LogP contribution in [0.3, 0.4) is 0 Å². The second-order valence-electron chi connectivity index (χ2n) is 5.60. The minimum absolute atomic E-state index is 0.250. The summed E-state index contributed by atoms with van der Waals surface area (Å²) < 4.78 is 5.45. The third-order valence-corrected chi connectivity index (χ3v) is 4.04. The van der Waals surface area contributed by atoms with Gasteiger partial charge in [0.25, 0.3) is 0 Å². The predicted molar refractivity (Wildman–Crippen MR) is 94.0 cm³/mol. The zero-order valence-corrected chi connectivity index (χ0v) is 14.5. The number of nitrogens with zero attached hydrogens (tertiary/aromatic N) is 3. The van der Waals surface area contributed by atoms with Crippen LogP contribution in [0.1, 0.15) is 18.2 Å². The lowest BCUT2D eigenvalue weighted by Gasteiger charge is -2.29. The van der Waals surface area contributed by atoms with Crippen molar-refractivity contribution in [3.63, 3.8) is 0 Å². The third-order valence-electron chi connectivity index (χ3n) is 4.04. The molecule has 0 unspecified atom stereocenters. The fourth-order valence-corrected chi connectivity index (χ4v) is 2.74. The number of hydrogen-bond acceptors (Lipinski definition) is 7. The molecule has 1 aromatic heterocycles. The Bertz CT molecular complexity index is 735. The number of rotatable bonds is 3. The highest BCUT2D eigenvalue weighted by Crippen LogP contribution is 2.26. The Hall–Kier alpha value is -2.76. The van der Waals surface area contributed by atoms with Gasteiger partial charge >= 0.3 is 6.15 Å². The Balaban J connectivity index is 0.000000701. The second-order valence-corrected chi connectivity index (χ2v) is 5.60. The Kier molecular flexibility index (Phi) is 6.62. The molecule has 1 fully saturated rings. The van der Waals surface area contributed by atoms with E-state index in [4.69, 9.17) is 30.0 Å². The molecule has 0 amide bonds. The lowest BCUT2D eigenvalue weighted by molar-refractivity contribution is -0.191. The molecule has 0 saturated carbocycles. The fourth-order valence-electron chi connectivity index (χ4n) is 2.74. The normalized spacial score (nSPS) is 13.6. The summed E-state index contributed by atoms with van der Waals surface area (Å²) in [6.07, 6.45) is 1.15. The van der Waals surface area contributed by atoms with Crippen molar-refractivity contribution in [1.29, 1.82) is 0 Å². The van der Waals surface area contributed by atoms with Crippen LogP contribution in [0.5, 0.6) is 0 Å². The minimum atomic E-state index is 0.250. The topological polar surface area (TPSA) is 98.4 Å². The minimum Gasteiger partial charge on any atom is -0.399 e. The van der Waals surface area contributed by atoms with E-state index in [9.17, 15) is 0 Å². The van der Waals surface area contributed by atoms with Crippen LogP contribution >= 0.6 is 0 Å². The number of morpholine rings is 1. The van der Waals surface area contributed by atoms with Crippen molar-refractivity contribution in [3.05, 3.63) is 35.5 Å². The highest BCUT2D eigenvalue weighted by atomic mass is 16.5. The number of aromatic nitrogens is 2. The van der Waals surface area contributed by atoms with Crippen LogP contribution in [-0.2, 0) is 20.7 Å². The number of benzene rings is 1. The van der Waals surface area contributed by atoms with Gasteiger partial charge in [0.15, 0.2) is 5.82 Å². The van der Waals surface area contributed by atoms with E-state index in [1.807, 2.05) is 24.3 Å². The molecular formula is C18H22N4O3. The summed E-state index contributed by atoms with van der Waals surface area (Å²) in [6, 6.07) is 7.72. The Morgan fingerprint density at radius 1 is 1.16 bits per heavy atom. The van der Waals surface area contributed by atoms with E-state index in [1.54, 1.807) is 0 Å². The number of nitrogen functional groups attached to an aromatic ring is 1. The van der Waals surface area contributed by atoms with Crippen LogP contribution in [0.15, 0.2) is 24.3 Å². The zero-order chi connectivity index (χ0) is 18.2. The zero-order valence-electron chi connectivity index (χ0n) is 14.5. The van der Waals surface area contributed by atoms with E-state index < -0.39 is 0 Å². The fraction of sp³-hybridized carbons (Fsp3) is 0.389. The highest BCUT2D eigenvalue weighted by molar-refractivity contribution is 5.62.